The molecule has 1 saturated heterocycles. The summed E-state index contributed by atoms with van der Waals surface area (Å²) in [6.07, 6.45) is -3.59. The van der Waals surface area contributed by atoms with Crippen LogP contribution in [0.15, 0.2) is 48.5 Å². The summed E-state index contributed by atoms with van der Waals surface area (Å²) in [6.45, 7) is 0.780. The first-order valence-corrected chi connectivity index (χ1v) is 8.71. The third-order valence-electron chi connectivity index (χ3n) is 4.92. The summed E-state index contributed by atoms with van der Waals surface area (Å²) < 4.78 is 44.8. The van der Waals surface area contributed by atoms with Crippen molar-refractivity contribution in [3.8, 4) is 0 Å². The molecule has 4 nitrogen and oxygen atoms in total. The van der Waals surface area contributed by atoms with Crippen LogP contribution in [0, 0.1) is 0 Å². The van der Waals surface area contributed by atoms with E-state index in [4.69, 9.17) is 10.5 Å². The maximum absolute atomic E-state index is 13.2. The van der Waals surface area contributed by atoms with E-state index in [-0.39, 0.29) is 18.1 Å². The number of amides is 1. The number of ether oxygens (including phenoxy) is 1. The lowest BCUT2D eigenvalue weighted by molar-refractivity contribution is -0.137. The van der Waals surface area contributed by atoms with Crippen LogP contribution in [0.1, 0.15) is 29.5 Å². The van der Waals surface area contributed by atoms with Crippen molar-refractivity contribution in [2.45, 2.75) is 31.0 Å². The molecule has 7 heteroatoms. The molecule has 0 unspecified atom stereocenters. The quantitative estimate of drug-likeness (QED) is 0.849. The van der Waals surface area contributed by atoms with Crippen molar-refractivity contribution in [1.82, 2.24) is 0 Å². The van der Waals surface area contributed by atoms with Crippen LogP contribution < -0.4 is 11.1 Å². The number of hydrogen-bond donors (Lipinski definition) is 2. The molecule has 2 aromatic carbocycles. The molecule has 2 aromatic rings. The van der Waals surface area contributed by atoms with Gasteiger partial charge in [-0.15, -0.1) is 0 Å². The van der Waals surface area contributed by atoms with E-state index in [1.807, 2.05) is 30.3 Å². The van der Waals surface area contributed by atoms with Gasteiger partial charge in [0.05, 0.1) is 11.0 Å². The lowest BCUT2D eigenvalue weighted by atomic mass is 9.73. The van der Waals surface area contributed by atoms with E-state index in [0.29, 0.717) is 31.6 Å². The van der Waals surface area contributed by atoms with Gasteiger partial charge in [0, 0.05) is 25.4 Å². The van der Waals surface area contributed by atoms with Crippen LogP contribution in [0.5, 0.6) is 0 Å². The molecule has 1 amide bonds. The smallest absolute Gasteiger partial charge is 0.381 e. The van der Waals surface area contributed by atoms with Gasteiger partial charge in [-0.3, -0.25) is 4.79 Å². The highest BCUT2D eigenvalue weighted by molar-refractivity contribution is 5.99. The fourth-order valence-electron chi connectivity index (χ4n) is 3.42. The SMILES string of the molecule is NCc1cc(NC(=O)C2(c3ccccc3)CCOCC2)cc(C(F)(F)F)c1. The predicted octanol–water partition coefficient (Wildman–Crippen LogP) is 3.85. The maximum Gasteiger partial charge on any atom is 0.416 e. The number of rotatable bonds is 4. The average molecular weight is 378 g/mol. The van der Waals surface area contributed by atoms with Crippen molar-refractivity contribution < 1.29 is 22.7 Å². The first-order valence-electron chi connectivity index (χ1n) is 8.71. The second-order valence-corrected chi connectivity index (χ2v) is 6.64. The number of carbonyl (C=O) groups is 1. The summed E-state index contributed by atoms with van der Waals surface area (Å²) >= 11 is 0. The third-order valence-corrected chi connectivity index (χ3v) is 4.92. The van der Waals surface area contributed by atoms with Crippen molar-refractivity contribution >= 4 is 11.6 Å². The van der Waals surface area contributed by atoms with Gasteiger partial charge in [0.25, 0.3) is 0 Å². The molecule has 1 aliphatic heterocycles. The molecular weight excluding hydrogens is 357 g/mol. The molecule has 0 saturated carbocycles. The van der Waals surface area contributed by atoms with Crippen LogP contribution in [0.3, 0.4) is 0 Å². The summed E-state index contributed by atoms with van der Waals surface area (Å²) in [4.78, 5) is 13.2. The molecule has 1 aliphatic rings. The molecule has 0 radical (unpaired) electrons. The van der Waals surface area contributed by atoms with Gasteiger partial charge >= 0.3 is 6.18 Å². The molecule has 27 heavy (non-hydrogen) atoms. The third kappa shape index (κ3) is 4.14. The summed E-state index contributed by atoms with van der Waals surface area (Å²) in [6, 6.07) is 12.7. The van der Waals surface area contributed by atoms with Crippen LogP contribution in [-0.4, -0.2) is 19.1 Å². The fraction of sp³-hybridized carbons (Fsp3) is 0.350. The van der Waals surface area contributed by atoms with Crippen LogP contribution in [0.2, 0.25) is 0 Å². The van der Waals surface area contributed by atoms with Crippen LogP contribution >= 0.6 is 0 Å². The van der Waals surface area contributed by atoms with Gasteiger partial charge in [0.15, 0.2) is 0 Å². The standard InChI is InChI=1S/C20H21F3N2O2/c21-20(22,23)16-10-14(13-24)11-17(12-16)25-18(26)19(6-8-27-9-7-19)15-4-2-1-3-5-15/h1-5,10-12H,6-9,13,24H2,(H,25,26). The summed E-state index contributed by atoms with van der Waals surface area (Å²) in [7, 11) is 0. The van der Waals surface area contributed by atoms with E-state index >= 15 is 0 Å². The van der Waals surface area contributed by atoms with Crippen LogP contribution in [0.25, 0.3) is 0 Å². The number of halogens is 3. The predicted molar refractivity (Wildman–Crippen MR) is 96.1 cm³/mol. The highest BCUT2D eigenvalue weighted by atomic mass is 19.4. The van der Waals surface area contributed by atoms with Gasteiger partial charge in [-0.2, -0.15) is 13.2 Å². The Kier molecular flexibility index (Phi) is 5.53. The van der Waals surface area contributed by atoms with E-state index in [1.54, 1.807) is 0 Å². The Morgan fingerprint density at radius 2 is 1.78 bits per heavy atom. The van der Waals surface area contributed by atoms with Gasteiger partial charge in [0.1, 0.15) is 0 Å². The lowest BCUT2D eigenvalue weighted by Gasteiger charge is -2.36. The van der Waals surface area contributed by atoms with Crippen molar-refractivity contribution in [2.24, 2.45) is 5.73 Å². The van der Waals surface area contributed by atoms with Gasteiger partial charge in [0.2, 0.25) is 5.91 Å². The summed E-state index contributed by atoms with van der Waals surface area (Å²) in [5.41, 5.74) is 5.09. The number of alkyl halides is 3. The van der Waals surface area contributed by atoms with E-state index < -0.39 is 17.2 Å². The van der Waals surface area contributed by atoms with Gasteiger partial charge < -0.3 is 15.8 Å². The number of carbonyl (C=O) groups excluding carboxylic acids is 1. The van der Waals surface area contributed by atoms with Crippen molar-refractivity contribution in [3.63, 3.8) is 0 Å². The highest BCUT2D eigenvalue weighted by Gasteiger charge is 2.42. The zero-order valence-corrected chi connectivity index (χ0v) is 14.7. The zero-order valence-electron chi connectivity index (χ0n) is 14.7. The Morgan fingerprint density at radius 3 is 2.37 bits per heavy atom. The molecule has 0 spiro atoms. The summed E-state index contributed by atoms with van der Waals surface area (Å²) in [5.74, 6) is -0.334. The maximum atomic E-state index is 13.2. The summed E-state index contributed by atoms with van der Waals surface area (Å²) in [5, 5.41) is 2.69. The average Bonchev–Trinajstić information content (AvgIpc) is 2.68. The molecule has 3 rings (SSSR count). The molecule has 0 bridgehead atoms. The van der Waals surface area contributed by atoms with Crippen molar-refractivity contribution in [3.05, 3.63) is 65.2 Å². The molecule has 144 valence electrons. The Labute approximate surface area is 155 Å². The van der Waals surface area contributed by atoms with E-state index in [9.17, 15) is 18.0 Å². The highest BCUT2D eigenvalue weighted by Crippen LogP contribution is 2.37. The molecule has 1 heterocycles. The monoisotopic (exact) mass is 378 g/mol. The Hall–Kier alpha value is -2.38. The Balaban J connectivity index is 1.95. The zero-order chi connectivity index (χ0) is 19.5. The molecular formula is C20H21F3N2O2. The number of nitrogens with two attached hydrogens (primary N) is 1. The molecule has 0 aromatic heterocycles. The molecule has 3 N–H and O–H groups in total. The second kappa shape index (κ2) is 7.70. The van der Waals surface area contributed by atoms with E-state index in [0.717, 1.165) is 17.7 Å². The largest absolute Gasteiger partial charge is 0.416 e. The first-order chi connectivity index (χ1) is 12.8. The minimum absolute atomic E-state index is 0.0511. The van der Waals surface area contributed by atoms with Gasteiger partial charge in [-0.05, 0) is 42.2 Å². The number of benzene rings is 2. The Bertz CT molecular complexity index is 801. The van der Waals surface area contributed by atoms with E-state index in [2.05, 4.69) is 5.32 Å². The normalized spacial score (nSPS) is 16.7. The van der Waals surface area contributed by atoms with Crippen LogP contribution in [-0.2, 0) is 27.7 Å². The van der Waals surface area contributed by atoms with Gasteiger partial charge in [-0.1, -0.05) is 30.3 Å². The molecule has 0 atom stereocenters. The fourth-order valence-corrected chi connectivity index (χ4v) is 3.42. The Morgan fingerprint density at radius 1 is 1.11 bits per heavy atom. The van der Waals surface area contributed by atoms with Crippen LogP contribution in [0.4, 0.5) is 18.9 Å². The minimum Gasteiger partial charge on any atom is -0.381 e. The number of anilines is 1. The molecule has 1 fully saturated rings. The second-order valence-electron chi connectivity index (χ2n) is 6.64. The topological polar surface area (TPSA) is 64.3 Å². The number of nitrogens with one attached hydrogen (secondary N) is 1. The van der Waals surface area contributed by atoms with E-state index in [1.165, 1.54) is 6.07 Å². The van der Waals surface area contributed by atoms with Crippen molar-refractivity contribution in [2.75, 3.05) is 18.5 Å². The number of hydrogen-bond acceptors (Lipinski definition) is 3. The first kappa shape index (κ1) is 19.4. The molecule has 0 aliphatic carbocycles. The lowest BCUT2D eigenvalue weighted by Crippen LogP contribution is -2.44. The van der Waals surface area contributed by atoms with Crippen molar-refractivity contribution in [1.29, 1.82) is 0 Å². The minimum atomic E-state index is -4.51. The van der Waals surface area contributed by atoms with Gasteiger partial charge in [-0.25, -0.2) is 0 Å².